The quantitative estimate of drug-likeness (QED) is 0.709. The van der Waals surface area contributed by atoms with E-state index in [0.717, 1.165) is 12.2 Å². The third-order valence-corrected chi connectivity index (χ3v) is 2.53. The predicted molar refractivity (Wildman–Crippen MR) is 57.7 cm³/mol. The van der Waals surface area contributed by atoms with Gasteiger partial charge in [-0.05, 0) is 6.07 Å². The number of nitrogens with two attached hydrogens (primary N) is 1. The number of rotatable bonds is 2. The summed E-state index contributed by atoms with van der Waals surface area (Å²) < 4.78 is 5.31. The van der Waals surface area contributed by atoms with Crippen LogP contribution in [-0.2, 0) is 4.74 Å². The van der Waals surface area contributed by atoms with Gasteiger partial charge in [0.2, 0.25) is 0 Å². The summed E-state index contributed by atoms with van der Waals surface area (Å²) in [5.41, 5.74) is 6.61. The minimum Gasteiger partial charge on any atom is -0.394 e. The van der Waals surface area contributed by atoms with Gasteiger partial charge in [-0.2, -0.15) is 0 Å². The van der Waals surface area contributed by atoms with Crippen LogP contribution in [0.15, 0.2) is 18.3 Å². The molecule has 15 heavy (non-hydrogen) atoms. The Balaban J connectivity index is 2.20. The molecule has 1 aromatic heterocycles. The van der Waals surface area contributed by atoms with Crippen molar-refractivity contribution >= 4 is 11.5 Å². The third-order valence-electron chi connectivity index (χ3n) is 2.53. The summed E-state index contributed by atoms with van der Waals surface area (Å²) in [7, 11) is 0. The number of hydrogen-bond donors (Lipinski definition) is 2. The van der Waals surface area contributed by atoms with Crippen molar-refractivity contribution in [3.8, 4) is 0 Å². The van der Waals surface area contributed by atoms with Gasteiger partial charge in [0, 0.05) is 24.5 Å². The van der Waals surface area contributed by atoms with Crippen LogP contribution >= 0.6 is 0 Å². The first-order chi connectivity index (χ1) is 7.31. The molecular weight excluding hydrogens is 194 g/mol. The van der Waals surface area contributed by atoms with Crippen LogP contribution in [0.2, 0.25) is 0 Å². The SMILES string of the molecule is Nc1cc(N2CCOCC2CO)ccn1. The predicted octanol–water partition coefficient (Wildman–Crippen LogP) is -0.139. The lowest BCUT2D eigenvalue weighted by Crippen LogP contribution is -2.47. The Labute approximate surface area is 88.5 Å². The summed E-state index contributed by atoms with van der Waals surface area (Å²) in [4.78, 5) is 6.04. The summed E-state index contributed by atoms with van der Waals surface area (Å²) in [6, 6.07) is 3.72. The zero-order chi connectivity index (χ0) is 10.7. The van der Waals surface area contributed by atoms with E-state index in [1.54, 1.807) is 6.20 Å². The molecule has 0 spiro atoms. The zero-order valence-electron chi connectivity index (χ0n) is 8.47. The molecule has 2 heterocycles. The number of aromatic nitrogens is 1. The van der Waals surface area contributed by atoms with E-state index in [9.17, 15) is 5.11 Å². The minimum absolute atomic E-state index is 0.0144. The molecule has 5 nitrogen and oxygen atoms in total. The lowest BCUT2D eigenvalue weighted by Gasteiger charge is -2.36. The fourth-order valence-corrected chi connectivity index (χ4v) is 1.76. The first-order valence-corrected chi connectivity index (χ1v) is 4.98. The maximum atomic E-state index is 9.22. The highest BCUT2D eigenvalue weighted by Gasteiger charge is 2.22. The van der Waals surface area contributed by atoms with Gasteiger partial charge >= 0.3 is 0 Å². The van der Waals surface area contributed by atoms with Crippen molar-refractivity contribution in [2.24, 2.45) is 0 Å². The average molecular weight is 209 g/mol. The molecule has 1 atom stereocenters. The Bertz CT molecular complexity index is 332. The zero-order valence-corrected chi connectivity index (χ0v) is 8.47. The Morgan fingerprint density at radius 2 is 2.53 bits per heavy atom. The van der Waals surface area contributed by atoms with Crippen LogP contribution in [0.5, 0.6) is 0 Å². The number of nitrogen functional groups attached to an aromatic ring is 1. The summed E-state index contributed by atoms with van der Waals surface area (Å²) in [6.07, 6.45) is 1.68. The maximum Gasteiger partial charge on any atom is 0.125 e. The third kappa shape index (κ3) is 2.19. The number of ether oxygens (including phenoxy) is 1. The van der Waals surface area contributed by atoms with Crippen LogP contribution in [0.1, 0.15) is 0 Å². The Morgan fingerprint density at radius 1 is 1.67 bits per heavy atom. The Hall–Kier alpha value is -1.33. The fourth-order valence-electron chi connectivity index (χ4n) is 1.76. The molecule has 3 N–H and O–H groups in total. The van der Waals surface area contributed by atoms with Gasteiger partial charge in [0.15, 0.2) is 0 Å². The van der Waals surface area contributed by atoms with Crippen molar-refractivity contribution < 1.29 is 9.84 Å². The minimum atomic E-state index is 0.0144. The fraction of sp³-hybridized carbons (Fsp3) is 0.500. The summed E-state index contributed by atoms with van der Waals surface area (Å²) in [5, 5.41) is 9.22. The second-order valence-electron chi connectivity index (χ2n) is 3.54. The van der Waals surface area contributed by atoms with Crippen molar-refractivity contribution in [2.45, 2.75) is 6.04 Å². The highest BCUT2D eigenvalue weighted by atomic mass is 16.5. The lowest BCUT2D eigenvalue weighted by molar-refractivity contribution is 0.0727. The molecule has 0 aromatic carbocycles. The molecule has 0 aliphatic carbocycles. The molecule has 0 amide bonds. The highest BCUT2D eigenvalue weighted by Crippen LogP contribution is 2.20. The van der Waals surface area contributed by atoms with Gasteiger partial charge in [-0.3, -0.25) is 0 Å². The molecule has 0 saturated carbocycles. The van der Waals surface area contributed by atoms with Crippen molar-refractivity contribution in [3.05, 3.63) is 18.3 Å². The number of hydrogen-bond acceptors (Lipinski definition) is 5. The molecular formula is C10H15N3O2. The number of nitrogens with zero attached hydrogens (tertiary/aromatic N) is 2. The van der Waals surface area contributed by atoms with Crippen LogP contribution in [0.4, 0.5) is 11.5 Å². The van der Waals surface area contributed by atoms with E-state index in [2.05, 4.69) is 9.88 Å². The smallest absolute Gasteiger partial charge is 0.125 e. The van der Waals surface area contributed by atoms with Gasteiger partial charge in [-0.25, -0.2) is 4.98 Å². The molecule has 1 saturated heterocycles. The molecule has 1 unspecified atom stereocenters. The van der Waals surface area contributed by atoms with E-state index in [1.165, 1.54) is 0 Å². The lowest BCUT2D eigenvalue weighted by atomic mass is 10.2. The Morgan fingerprint density at radius 3 is 3.27 bits per heavy atom. The monoisotopic (exact) mass is 209 g/mol. The summed E-state index contributed by atoms with van der Waals surface area (Å²) >= 11 is 0. The average Bonchev–Trinajstić information content (AvgIpc) is 2.29. The van der Waals surface area contributed by atoms with Gasteiger partial charge in [0.25, 0.3) is 0 Å². The van der Waals surface area contributed by atoms with Crippen LogP contribution < -0.4 is 10.6 Å². The van der Waals surface area contributed by atoms with Crippen molar-refractivity contribution in [3.63, 3.8) is 0 Å². The van der Waals surface area contributed by atoms with E-state index in [4.69, 9.17) is 10.5 Å². The van der Waals surface area contributed by atoms with Gasteiger partial charge in [-0.1, -0.05) is 0 Å². The molecule has 1 aliphatic rings. The van der Waals surface area contributed by atoms with Gasteiger partial charge < -0.3 is 20.5 Å². The topological polar surface area (TPSA) is 71.6 Å². The van der Waals surface area contributed by atoms with Crippen molar-refractivity contribution in [1.29, 1.82) is 0 Å². The largest absolute Gasteiger partial charge is 0.394 e. The molecule has 2 rings (SSSR count). The van der Waals surface area contributed by atoms with Crippen LogP contribution in [0.25, 0.3) is 0 Å². The number of morpholine rings is 1. The number of pyridine rings is 1. The summed E-state index contributed by atoms with van der Waals surface area (Å²) in [5.74, 6) is 0.496. The standard InChI is InChI=1S/C10H15N3O2/c11-10-5-8(1-2-12-10)13-3-4-15-7-9(13)6-14/h1-2,5,9,14H,3-4,6-7H2,(H2,11,12). The van der Waals surface area contributed by atoms with E-state index < -0.39 is 0 Å². The molecule has 0 radical (unpaired) electrons. The van der Waals surface area contributed by atoms with Gasteiger partial charge in [0.1, 0.15) is 5.82 Å². The molecule has 1 aromatic rings. The van der Waals surface area contributed by atoms with E-state index in [0.29, 0.717) is 19.0 Å². The molecule has 1 aliphatic heterocycles. The van der Waals surface area contributed by atoms with Crippen LogP contribution in [0.3, 0.4) is 0 Å². The second-order valence-corrected chi connectivity index (χ2v) is 3.54. The number of aliphatic hydroxyl groups is 1. The number of anilines is 2. The Kier molecular flexibility index (Phi) is 3.03. The van der Waals surface area contributed by atoms with E-state index >= 15 is 0 Å². The normalized spacial score (nSPS) is 21.7. The van der Waals surface area contributed by atoms with Gasteiger partial charge in [-0.15, -0.1) is 0 Å². The van der Waals surface area contributed by atoms with Crippen molar-refractivity contribution in [1.82, 2.24) is 4.98 Å². The summed E-state index contributed by atoms with van der Waals surface area (Å²) in [6.45, 7) is 2.09. The highest BCUT2D eigenvalue weighted by molar-refractivity contribution is 5.53. The first-order valence-electron chi connectivity index (χ1n) is 4.98. The second kappa shape index (κ2) is 4.46. The van der Waals surface area contributed by atoms with Crippen LogP contribution in [0, 0.1) is 0 Å². The molecule has 0 bridgehead atoms. The van der Waals surface area contributed by atoms with Gasteiger partial charge in [0.05, 0.1) is 25.9 Å². The molecule has 1 fully saturated rings. The van der Waals surface area contributed by atoms with E-state index in [-0.39, 0.29) is 12.6 Å². The first kappa shape index (κ1) is 10.2. The van der Waals surface area contributed by atoms with Crippen LogP contribution in [-0.4, -0.2) is 42.5 Å². The van der Waals surface area contributed by atoms with Crippen molar-refractivity contribution in [2.75, 3.05) is 37.0 Å². The van der Waals surface area contributed by atoms with E-state index in [1.807, 2.05) is 12.1 Å². The number of aliphatic hydroxyl groups excluding tert-OH is 1. The maximum absolute atomic E-state index is 9.22. The molecule has 82 valence electrons. The molecule has 5 heteroatoms.